The van der Waals surface area contributed by atoms with Crippen LogP contribution in [0.5, 0.6) is 5.75 Å². The molecule has 1 aliphatic rings. The van der Waals surface area contributed by atoms with Gasteiger partial charge in [0.05, 0.1) is 11.6 Å². The minimum Gasteiger partial charge on any atom is -0.496 e. The summed E-state index contributed by atoms with van der Waals surface area (Å²) in [5.41, 5.74) is 0.890. The molecule has 1 aromatic rings. The maximum Gasteiger partial charge on any atom is 0.244 e. The molecule has 118 valence electrons. The third-order valence-corrected chi connectivity index (χ3v) is 4.05. The van der Waals surface area contributed by atoms with Crippen LogP contribution in [0, 0.1) is 0 Å². The molecule has 1 atom stereocenters. The van der Waals surface area contributed by atoms with Crippen molar-refractivity contribution in [3.63, 3.8) is 0 Å². The highest BCUT2D eigenvalue weighted by molar-refractivity contribution is 9.10. The highest BCUT2D eigenvalue weighted by Crippen LogP contribution is 2.25. The second-order valence-corrected chi connectivity index (χ2v) is 5.98. The maximum absolute atomic E-state index is 11.9. The van der Waals surface area contributed by atoms with E-state index in [2.05, 4.69) is 26.6 Å². The van der Waals surface area contributed by atoms with Crippen LogP contribution >= 0.6 is 15.9 Å². The number of benzene rings is 1. The molecule has 22 heavy (non-hydrogen) atoms. The summed E-state index contributed by atoms with van der Waals surface area (Å²) in [7, 11) is 1.60. The first-order valence-corrected chi connectivity index (χ1v) is 7.96. The predicted octanol–water partition coefficient (Wildman–Crippen LogP) is 2.26. The second-order valence-electron chi connectivity index (χ2n) is 5.13. The van der Waals surface area contributed by atoms with E-state index in [-0.39, 0.29) is 17.9 Å². The number of nitrogens with one attached hydrogen (secondary N) is 2. The van der Waals surface area contributed by atoms with Crippen LogP contribution in [-0.2, 0) is 9.59 Å². The maximum atomic E-state index is 11.9. The van der Waals surface area contributed by atoms with E-state index in [4.69, 9.17) is 4.74 Å². The van der Waals surface area contributed by atoms with Crippen molar-refractivity contribution in [3.05, 3.63) is 34.3 Å². The van der Waals surface area contributed by atoms with Crippen LogP contribution in [0.3, 0.4) is 0 Å². The topological polar surface area (TPSA) is 67.4 Å². The first kappa shape index (κ1) is 16.5. The second kappa shape index (κ2) is 7.98. The minimum atomic E-state index is -0.188. The van der Waals surface area contributed by atoms with E-state index in [1.165, 1.54) is 6.08 Å². The van der Waals surface area contributed by atoms with Crippen LogP contribution in [0.1, 0.15) is 24.8 Å². The van der Waals surface area contributed by atoms with Gasteiger partial charge in [-0.2, -0.15) is 0 Å². The zero-order valence-corrected chi connectivity index (χ0v) is 14.0. The summed E-state index contributed by atoms with van der Waals surface area (Å²) in [6.07, 6.45) is 5.25. The third kappa shape index (κ3) is 4.87. The van der Waals surface area contributed by atoms with Gasteiger partial charge in [0.15, 0.2) is 0 Å². The zero-order chi connectivity index (χ0) is 15.9. The molecular formula is C16H19BrN2O3. The molecule has 0 aromatic heterocycles. The fourth-order valence-electron chi connectivity index (χ4n) is 2.31. The number of ether oxygens (including phenoxy) is 1. The van der Waals surface area contributed by atoms with Crippen LogP contribution in [0.15, 0.2) is 28.7 Å². The lowest BCUT2D eigenvalue weighted by molar-refractivity contribution is -0.121. The molecule has 2 rings (SSSR count). The van der Waals surface area contributed by atoms with Crippen LogP contribution in [0.2, 0.25) is 0 Å². The molecule has 1 saturated heterocycles. The number of carbonyl (C=O) groups excluding carboxylic acids is 2. The molecule has 1 heterocycles. The molecule has 1 fully saturated rings. The molecule has 6 heteroatoms. The monoisotopic (exact) mass is 366 g/mol. The molecule has 1 unspecified atom stereocenters. The molecule has 0 radical (unpaired) electrons. The van der Waals surface area contributed by atoms with Crippen molar-refractivity contribution in [2.75, 3.05) is 13.7 Å². The summed E-state index contributed by atoms with van der Waals surface area (Å²) in [5.74, 6) is 0.545. The summed E-state index contributed by atoms with van der Waals surface area (Å²) in [6.45, 7) is 0.681. The van der Waals surface area contributed by atoms with Gasteiger partial charge in [0, 0.05) is 25.1 Å². The van der Waals surface area contributed by atoms with Crippen molar-refractivity contribution in [3.8, 4) is 5.75 Å². The molecular weight excluding hydrogens is 348 g/mol. The Hall–Kier alpha value is -1.82. The molecule has 0 aliphatic carbocycles. The largest absolute Gasteiger partial charge is 0.496 e. The number of amides is 2. The van der Waals surface area contributed by atoms with E-state index in [9.17, 15) is 9.59 Å². The van der Waals surface area contributed by atoms with Gasteiger partial charge in [-0.3, -0.25) is 9.59 Å². The number of hydrogen-bond acceptors (Lipinski definition) is 3. The SMILES string of the molecule is COc1ccc(C=CC(=O)NC2CCCNC(=O)C2)cc1Br. The molecule has 1 aliphatic heterocycles. The summed E-state index contributed by atoms with van der Waals surface area (Å²) < 4.78 is 5.99. The Balaban J connectivity index is 1.93. The summed E-state index contributed by atoms with van der Waals surface area (Å²) in [6, 6.07) is 5.48. The van der Waals surface area contributed by atoms with Gasteiger partial charge in [0.25, 0.3) is 0 Å². The third-order valence-electron chi connectivity index (χ3n) is 3.43. The first-order valence-electron chi connectivity index (χ1n) is 7.17. The number of halogens is 1. The van der Waals surface area contributed by atoms with E-state index in [0.717, 1.165) is 28.6 Å². The van der Waals surface area contributed by atoms with Crippen LogP contribution in [0.25, 0.3) is 6.08 Å². The Labute approximate surface area is 138 Å². The fraction of sp³-hybridized carbons (Fsp3) is 0.375. The van der Waals surface area contributed by atoms with Gasteiger partial charge >= 0.3 is 0 Å². The van der Waals surface area contributed by atoms with Crippen LogP contribution in [0.4, 0.5) is 0 Å². The molecule has 1 aromatic carbocycles. The van der Waals surface area contributed by atoms with Gasteiger partial charge in [0.2, 0.25) is 11.8 Å². The van der Waals surface area contributed by atoms with E-state index >= 15 is 0 Å². The van der Waals surface area contributed by atoms with Crippen molar-refractivity contribution >= 4 is 33.8 Å². The Morgan fingerprint density at radius 2 is 2.32 bits per heavy atom. The molecule has 2 amide bonds. The number of rotatable bonds is 4. The van der Waals surface area contributed by atoms with E-state index in [1.807, 2.05) is 18.2 Å². The quantitative estimate of drug-likeness (QED) is 0.803. The van der Waals surface area contributed by atoms with Crippen molar-refractivity contribution < 1.29 is 14.3 Å². The van der Waals surface area contributed by atoms with Crippen molar-refractivity contribution in [1.82, 2.24) is 10.6 Å². The fourth-order valence-corrected chi connectivity index (χ4v) is 2.86. The average Bonchev–Trinajstić information content (AvgIpc) is 2.69. The van der Waals surface area contributed by atoms with Gasteiger partial charge in [0.1, 0.15) is 5.75 Å². The number of hydrogen-bond donors (Lipinski definition) is 2. The van der Waals surface area contributed by atoms with E-state index < -0.39 is 0 Å². The number of methoxy groups -OCH3 is 1. The van der Waals surface area contributed by atoms with Crippen LogP contribution in [-0.4, -0.2) is 31.5 Å². The normalized spacial score (nSPS) is 18.6. The van der Waals surface area contributed by atoms with Gasteiger partial charge < -0.3 is 15.4 Å². The van der Waals surface area contributed by atoms with Gasteiger partial charge in [-0.15, -0.1) is 0 Å². The predicted molar refractivity (Wildman–Crippen MR) is 88.5 cm³/mol. The summed E-state index contributed by atoms with van der Waals surface area (Å²) >= 11 is 3.41. The zero-order valence-electron chi connectivity index (χ0n) is 12.4. The van der Waals surface area contributed by atoms with E-state index in [0.29, 0.717) is 13.0 Å². The molecule has 2 N–H and O–H groups in total. The lowest BCUT2D eigenvalue weighted by Gasteiger charge is -2.13. The highest BCUT2D eigenvalue weighted by atomic mass is 79.9. The minimum absolute atomic E-state index is 0.00846. The van der Waals surface area contributed by atoms with Gasteiger partial charge in [-0.25, -0.2) is 0 Å². The van der Waals surface area contributed by atoms with Crippen molar-refractivity contribution in [2.24, 2.45) is 0 Å². The van der Waals surface area contributed by atoms with Crippen molar-refractivity contribution in [2.45, 2.75) is 25.3 Å². The van der Waals surface area contributed by atoms with Crippen LogP contribution < -0.4 is 15.4 Å². The lowest BCUT2D eigenvalue weighted by Crippen LogP contribution is -2.35. The summed E-state index contributed by atoms with van der Waals surface area (Å²) in [4.78, 5) is 23.4. The standard InChI is InChI=1S/C16H19BrN2O3/c1-22-14-6-4-11(9-13(14)17)5-7-15(20)19-12-3-2-8-18-16(21)10-12/h4-7,9,12H,2-3,8,10H2,1H3,(H,18,21)(H,19,20). The van der Waals surface area contributed by atoms with Gasteiger partial charge in [-0.1, -0.05) is 6.07 Å². The smallest absolute Gasteiger partial charge is 0.244 e. The number of carbonyl (C=O) groups is 2. The molecule has 0 saturated carbocycles. The molecule has 0 bridgehead atoms. The Morgan fingerprint density at radius 1 is 1.50 bits per heavy atom. The Bertz CT molecular complexity index is 587. The summed E-state index contributed by atoms with van der Waals surface area (Å²) in [5, 5.41) is 5.67. The Kier molecular flexibility index (Phi) is 6.00. The molecule has 5 nitrogen and oxygen atoms in total. The average molecular weight is 367 g/mol. The lowest BCUT2D eigenvalue weighted by atomic mass is 10.1. The van der Waals surface area contributed by atoms with Gasteiger partial charge in [-0.05, 0) is 52.5 Å². The van der Waals surface area contributed by atoms with Crippen molar-refractivity contribution in [1.29, 1.82) is 0 Å². The Morgan fingerprint density at radius 3 is 3.05 bits per heavy atom. The highest BCUT2D eigenvalue weighted by Gasteiger charge is 2.18. The van der Waals surface area contributed by atoms with E-state index in [1.54, 1.807) is 13.2 Å². The first-order chi connectivity index (χ1) is 10.6. The molecule has 0 spiro atoms.